The van der Waals surface area contributed by atoms with Crippen molar-refractivity contribution in [2.45, 2.75) is 56.5 Å². The van der Waals surface area contributed by atoms with Crippen molar-refractivity contribution in [3.63, 3.8) is 0 Å². The van der Waals surface area contributed by atoms with Gasteiger partial charge >= 0.3 is 0 Å². The number of hydrogen-bond acceptors (Lipinski definition) is 2. The van der Waals surface area contributed by atoms with Crippen molar-refractivity contribution in [2.75, 3.05) is 6.54 Å². The molecule has 2 nitrogen and oxygen atoms in total. The lowest BCUT2D eigenvalue weighted by molar-refractivity contribution is 0.0797. The number of nitrogens with one attached hydrogen (secondary N) is 1. The molecule has 2 fully saturated rings. The maximum Gasteiger partial charge on any atom is 0.0178 e. The minimum atomic E-state index is 0.479. The summed E-state index contributed by atoms with van der Waals surface area (Å²) in [4.78, 5) is 0. The van der Waals surface area contributed by atoms with Gasteiger partial charge in [-0.1, -0.05) is 31.0 Å². The Morgan fingerprint density at radius 3 is 3.11 bits per heavy atom. The van der Waals surface area contributed by atoms with E-state index in [1.54, 1.807) is 11.1 Å². The van der Waals surface area contributed by atoms with Gasteiger partial charge in [-0.15, -0.1) is 0 Å². The van der Waals surface area contributed by atoms with E-state index in [4.69, 9.17) is 5.73 Å². The number of hydrogen-bond donors (Lipinski definition) is 2. The SMILES string of the molecule is NCc1ccc2c(c1)[C@@]13CCCC[C@H]1[C@@H](C2)NCC3. The Bertz CT molecular complexity index is 492. The van der Waals surface area contributed by atoms with E-state index in [1.807, 2.05) is 0 Å². The van der Waals surface area contributed by atoms with Gasteiger partial charge < -0.3 is 11.1 Å². The monoisotopic (exact) mass is 256 g/mol. The van der Waals surface area contributed by atoms with Crippen LogP contribution in [0.3, 0.4) is 0 Å². The van der Waals surface area contributed by atoms with Crippen molar-refractivity contribution < 1.29 is 0 Å². The van der Waals surface area contributed by atoms with E-state index in [1.165, 1.54) is 50.6 Å². The van der Waals surface area contributed by atoms with Crippen molar-refractivity contribution in [1.29, 1.82) is 0 Å². The first-order chi connectivity index (χ1) is 9.33. The molecule has 3 aliphatic rings. The summed E-state index contributed by atoms with van der Waals surface area (Å²) in [6.07, 6.45) is 8.22. The highest BCUT2D eigenvalue weighted by atomic mass is 15.0. The molecule has 1 saturated heterocycles. The highest BCUT2D eigenvalue weighted by Gasteiger charge is 2.51. The van der Waals surface area contributed by atoms with Gasteiger partial charge in [0.05, 0.1) is 0 Å². The number of piperidine rings is 1. The summed E-state index contributed by atoms with van der Waals surface area (Å²) < 4.78 is 0. The lowest BCUT2D eigenvalue weighted by atomic mass is 9.52. The van der Waals surface area contributed by atoms with Gasteiger partial charge in [0.2, 0.25) is 0 Å². The fourth-order valence-corrected chi connectivity index (χ4v) is 5.10. The Hall–Kier alpha value is -0.860. The molecule has 4 rings (SSSR count). The quantitative estimate of drug-likeness (QED) is 0.810. The summed E-state index contributed by atoms with van der Waals surface area (Å²) in [6.45, 7) is 1.88. The third-order valence-electron chi connectivity index (χ3n) is 5.95. The van der Waals surface area contributed by atoms with Gasteiger partial charge in [0, 0.05) is 18.0 Å². The van der Waals surface area contributed by atoms with Crippen molar-refractivity contribution in [3.05, 3.63) is 34.9 Å². The first-order valence-electron chi connectivity index (χ1n) is 7.89. The number of fused-ring (bicyclic) bond motifs is 1. The van der Waals surface area contributed by atoms with Crippen LogP contribution in [0.2, 0.25) is 0 Å². The maximum absolute atomic E-state index is 5.86. The van der Waals surface area contributed by atoms with Crippen LogP contribution in [0.4, 0.5) is 0 Å². The molecular weight excluding hydrogens is 232 g/mol. The number of rotatable bonds is 1. The van der Waals surface area contributed by atoms with E-state index in [-0.39, 0.29) is 0 Å². The zero-order chi connectivity index (χ0) is 12.9. The molecule has 2 heteroatoms. The molecule has 1 aromatic carbocycles. The van der Waals surface area contributed by atoms with Crippen molar-refractivity contribution in [1.82, 2.24) is 5.32 Å². The van der Waals surface area contributed by atoms with E-state index in [0.717, 1.165) is 12.0 Å². The number of benzene rings is 1. The van der Waals surface area contributed by atoms with Crippen LogP contribution in [-0.4, -0.2) is 12.6 Å². The van der Waals surface area contributed by atoms with Crippen LogP contribution < -0.4 is 11.1 Å². The standard InChI is InChI=1S/C17H24N2/c18-11-12-4-5-13-10-16-14-3-1-2-6-17(14,7-8-19-16)15(13)9-12/h4-5,9,14,16,19H,1-3,6-8,10-11,18H2/t14-,16+,17+/m0/s1. The van der Waals surface area contributed by atoms with E-state index >= 15 is 0 Å². The summed E-state index contributed by atoms with van der Waals surface area (Å²) >= 11 is 0. The molecule has 1 heterocycles. The molecule has 0 spiro atoms. The molecule has 1 aromatic rings. The highest BCUT2D eigenvalue weighted by molar-refractivity contribution is 5.43. The van der Waals surface area contributed by atoms with Crippen LogP contribution in [0.15, 0.2) is 18.2 Å². The smallest absolute Gasteiger partial charge is 0.0178 e. The average molecular weight is 256 g/mol. The van der Waals surface area contributed by atoms with E-state index < -0.39 is 0 Å². The van der Waals surface area contributed by atoms with Gasteiger partial charge in [-0.25, -0.2) is 0 Å². The fraction of sp³-hybridized carbons (Fsp3) is 0.647. The maximum atomic E-state index is 5.86. The predicted molar refractivity (Wildman–Crippen MR) is 78.1 cm³/mol. The second-order valence-electron chi connectivity index (χ2n) is 6.72. The van der Waals surface area contributed by atoms with Gasteiger partial charge in [0.15, 0.2) is 0 Å². The van der Waals surface area contributed by atoms with Crippen molar-refractivity contribution in [2.24, 2.45) is 11.7 Å². The summed E-state index contributed by atoms with van der Waals surface area (Å²) in [6, 6.07) is 7.75. The summed E-state index contributed by atoms with van der Waals surface area (Å²) in [5.41, 5.74) is 10.9. The molecule has 1 aliphatic heterocycles. The Morgan fingerprint density at radius 2 is 2.21 bits per heavy atom. The molecule has 3 N–H and O–H groups in total. The van der Waals surface area contributed by atoms with Crippen molar-refractivity contribution in [3.8, 4) is 0 Å². The molecule has 2 bridgehead atoms. The van der Waals surface area contributed by atoms with Crippen LogP contribution >= 0.6 is 0 Å². The third kappa shape index (κ3) is 1.63. The Balaban J connectivity index is 1.88. The molecule has 19 heavy (non-hydrogen) atoms. The molecule has 1 saturated carbocycles. The second kappa shape index (κ2) is 4.32. The highest BCUT2D eigenvalue weighted by Crippen LogP contribution is 2.53. The Morgan fingerprint density at radius 1 is 1.26 bits per heavy atom. The van der Waals surface area contributed by atoms with Crippen LogP contribution in [-0.2, 0) is 18.4 Å². The zero-order valence-corrected chi connectivity index (χ0v) is 11.6. The number of nitrogens with two attached hydrogens (primary N) is 1. The first-order valence-corrected chi connectivity index (χ1v) is 7.89. The van der Waals surface area contributed by atoms with Crippen LogP contribution in [0, 0.1) is 5.92 Å². The minimum absolute atomic E-state index is 0.479. The first kappa shape index (κ1) is 11.9. The lowest BCUT2D eigenvalue weighted by Gasteiger charge is -2.56. The van der Waals surface area contributed by atoms with Crippen LogP contribution in [0.25, 0.3) is 0 Å². The summed E-state index contributed by atoms with van der Waals surface area (Å²) in [7, 11) is 0. The molecular formula is C17H24N2. The van der Waals surface area contributed by atoms with E-state index in [2.05, 4.69) is 23.5 Å². The largest absolute Gasteiger partial charge is 0.326 e. The lowest BCUT2D eigenvalue weighted by Crippen LogP contribution is -2.59. The molecule has 3 atom stereocenters. The Labute approximate surface area is 115 Å². The van der Waals surface area contributed by atoms with E-state index in [0.29, 0.717) is 12.0 Å². The molecule has 0 amide bonds. The van der Waals surface area contributed by atoms with Gasteiger partial charge in [0.25, 0.3) is 0 Å². The fourth-order valence-electron chi connectivity index (χ4n) is 5.10. The third-order valence-corrected chi connectivity index (χ3v) is 5.95. The average Bonchev–Trinajstić information content (AvgIpc) is 2.47. The summed E-state index contributed by atoms with van der Waals surface area (Å²) in [5.74, 6) is 0.871. The molecule has 0 radical (unpaired) electrons. The Kier molecular flexibility index (Phi) is 2.71. The van der Waals surface area contributed by atoms with Crippen molar-refractivity contribution >= 4 is 0 Å². The minimum Gasteiger partial charge on any atom is -0.326 e. The molecule has 0 aromatic heterocycles. The van der Waals surface area contributed by atoms with Crippen LogP contribution in [0.5, 0.6) is 0 Å². The van der Waals surface area contributed by atoms with Gasteiger partial charge in [-0.3, -0.25) is 0 Å². The van der Waals surface area contributed by atoms with Gasteiger partial charge in [-0.2, -0.15) is 0 Å². The van der Waals surface area contributed by atoms with Gasteiger partial charge in [-0.05, 0) is 54.8 Å². The van der Waals surface area contributed by atoms with Crippen LogP contribution in [0.1, 0.15) is 48.8 Å². The zero-order valence-electron chi connectivity index (χ0n) is 11.6. The van der Waals surface area contributed by atoms with Gasteiger partial charge in [0.1, 0.15) is 0 Å². The normalized spacial score (nSPS) is 36.5. The second-order valence-corrected chi connectivity index (χ2v) is 6.72. The van der Waals surface area contributed by atoms with E-state index in [9.17, 15) is 0 Å². The molecule has 0 unspecified atom stereocenters. The topological polar surface area (TPSA) is 38.0 Å². The molecule has 102 valence electrons. The predicted octanol–water partition coefficient (Wildman–Crippen LogP) is 2.49. The molecule has 2 aliphatic carbocycles. The summed E-state index contributed by atoms with van der Waals surface area (Å²) in [5, 5.41) is 3.79.